The number of ketones is 1. The van der Waals surface area contributed by atoms with E-state index < -0.39 is 0 Å². The molecule has 4 heteroatoms. The third kappa shape index (κ3) is 2.92. The molecule has 0 saturated carbocycles. The van der Waals surface area contributed by atoms with Gasteiger partial charge in [0.25, 0.3) is 0 Å². The van der Waals surface area contributed by atoms with Gasteiger partial charge in [-0.15, -0.1) is 11.6 Å². The maximum atomic E-state index is 11.5. The fraction of sp³-hybridized carbons (Fsp3) is 0.222. The highest BCUT2D eigenvalue weighted by atomic mass is 127. The van der Waals surface area contributed by atoms with Crippen molar-refractivity contribution in [3.63, 3.8) is 0 Å². The molecule has 0 aromatic heterocycles. The number of benzene rings is 1. The molecule has 70 valence electrons. The van der Waals surface area contributed by atoms with Gasteiger partial charge in [0.2, 0.25) is 0 Å². The molecule has 1 aromatic rings. The standard InChI is InChI=1S/C9H7BrClIO/c10-7-3-1-2-6(9(7)12)8(13)4-5-11/h1-3H,4-5H2. The minimum Gasteiger partial charge on any atom is -0.294 e. The van der Waals surface area contributed by atoms with E-state index in [-0.39, 0.29) is 5.78 Å². The van der Waals surface area contributed by atoms with Gasteiger partial charge in [0.15, 0.2) is 5.78 Å². The van der Waals surface area contributed by atoms with Crippen LogP contribution in [0.15, 0.2) is 22.7 Å². The van der Waals surface area contributed by atoms with Crippen LogP contribution in [0.3, 0.4) is 0 Å². The Morgan fingerprint density at radius 1 is 1.54 bits per heavy atom. The van der Waals surface area contributed by atoms with Crippen LogP contribution in [0.1, 0.15) is 16.8 Å². The Balaban J connectivity index is 3.01. The second-order valence-corrected chi connectivity index (χ2v) is 4.77. The van der Waals surface area contributed by atoms with E-state index in [4.69, 9.17) is 11.6 Å². The van der Waals surface area contributed by atoms with Crippen LogP contribution in [-0.4, -0.2) is 11.7 Å². The Morgan fingerprint density at radius 2 is 2.23 bits per heavy atom. The number of carbonyl (C=O) groups is 1. The summed E-state index contributed by atoms with van der Waals surface area (Å²) in [6, 6.07) is 5.59. The third-order valence-corrected chi connectivity index (χ3v) is 4.33. The molecule has 0 N–H and O–H groups in total. The van der Waals surface area contributed by atoms with Crippen LogP contribution in [-0.2, 0) is 0 Å². The van der Waals surface area contributed by atoms with Gasteiger partial charge >= 0.3 is 0 Å². The smallest absolute Gasteiger partial charge is 0.165 e. The average molecular weight is 373 g/mol. The molecule has 0 saturated heterocycles. The maximum absolute atomic E-state index is 11.5. The largest absolute Gasteiger partial charge is 0.294 e. The van der Waals surface area contributed by atoms with Gasteiger partial charge < -0.3 is 0 Å². The Morgan fingerprint density at radius 3 is 2.85 bits per heavy atom. The molecular weight excluding hydrogens is 366 g/mol. The van der Waals surface area contributed by atoms with Gasteiger partial charge in [-0.1, -0.05) is 12.1 Å². The molecule has 0 heterocycles. The lowest BCUT2D eigenvalue weighted by atomic mass is 10.1. The zero-order valence-electron chi connectivity index (χ0n) is 6.69. The summed E-state index contributed by atoms with van der Waals surface area (Å²) in [5, 5.41) is 0. The van der Waals surface area contributed by atoms with Crippen LogP contribution in [0.5, 0.6) is 0 Å². The van der Waals surface area contributed by atoms with Crippen molar-refractivity contribution in [2.45, 2.75) is 6.42 Å². The fourth-order valence-electron chi connectivity index (χ4n) is 0.940. The highest BCUT2D eigenvalue weighted by Crippen LogP contribution is 2.23. The Kier molecular flexibility index (Phi) is 4.69. The predicted molar refractivity (Wildman–Crippen MR) is 66.5 cm³/mol. The maximum Gasteiger partial charge on any atom is 0.165 e. The van der Waals surface area contributed by atoms with E-state index in [2.05, 4.69) is 38.5 Å². The molecule has 0 radical (unpaired) electrons. The van der Waals surface area contributed by atoms with Gasteiger partial charge in [0, 0.05) is 25.9 Å². The van der Waals surface area contributed by atoms with Gasteiger partial charge in [0.05, 0.1) is 0 Å². The van der Waals surface area contributed by atoms with E-state index in [1.54, 1.807) is 0 Å². The molecule has 0 aliphatic carbocycles. The van der Waals surface area contributed by atoms with E-state index in [1.165, 1.54) is 0 Å². The first kappa shape index (κ1) is 11.5. The molecule has 0 spiro atoms. The first-order valence-electron chi connectivity index (χ1n) is 3.70. The minimum absolute atomic E-state index is 0.0979. The van der Waals surface area contributed by atoms with Crippen LogP contribution in [0, 0.1) is 3.57 Å². The number of Topliss-reactive ketones (excluding diaryl/α,β-unsaturated/α-hetero) is 1. The lowest BCUT2D eigenvalue weighted by Gasteiger charge is -2.03. The van der Waals surface area contributed by atoms with E-state index in [0.29, 0.717) is 12.3 Å². The normalized spacial score (nSPS) is 10.1. The van der Waals surface area contributed by atoms with Crippen LogP contribution in [0.2, 0.25) is 0 Å². The zero-order chi connectivity index (χ0) is 9.84. The van der Waals surface area contributed by atoms with Gasteiger partial charge in [0.1, 0.15) is 0 Å². The summed E-state index contributed by atoms with van der Waals surface area (Å²) in [5.74, 6) is 0.474. The summed E-state index contributed by atoms with van der Waals surface area (Å²) in [4.78, 5) is 11.5. The monoisotopic (exact) mass is 372 g/mol. The second kappa shape index (κ2) is 5.32. The molecule has 0 atom stereocenters. The topological polar surface area (TPSA) is 17.1 Å². The van der Waals surface area contributed by atoms with Crippen LogP contribution >= 0.6 is 50.1 Å². The molecule has 0 amide bonds. The highest BCUT2D eigenvalue weighted by Gasteiger charge is 2.10. The molecular formula is C9H7BrClIO. The Labute approximate surface area is 104 Å². The van der Waals surface area contributed by atoms with E-state index in [0.717, 1.165) is 13.6 Å². The van der Waals surface area contributed by atoms with Crippen molar-refractivity contribution in [1.29, 1.82) is 0 Å². The average Bonchev–Trinajstić information content (AvgIpc) is 2.10. The fourth-order valence-corrected chi connectivity index (χ4v) is 2.14. The first-order valence-corrected chi connectivity index (χ1v) is 6.10. The molecule has 1 rings (SSSR count). The quantitative estimate of drug-likeness (QED) is 0.447. The number of rotatable bonds is 3. The van der Waals surface area contributed by atoms with Crippen LogP contribution in [0.4, 0.5) is 0 Å². The number of carbonyl (C=O) groups excluding carboxylic acids is 1. The van der Waals surface area contributed by atoms with Gasteiger partial charge in [-0.25, -0.2) is 0 Å². The summed E-state index contributed by atoms with van der Waals surface area (Å²) >= 11 is 11.0. The Bertz CT molecular complexity index is 327. The van der Waals surface area contributed by atoms with Gasteiger partial charge in [-0.05, 0) is 44.6 Å². The third-order valence-electron chi connectivity index (χ3n) is 1.57. The van der Waals surface area contributed by atoms with E-state index in [9.17, 15) is 4.79 Å². The zero-order valence-corrected chi connectivity index (χ0v) is 11.2. The van der Waals surface area contributed by atoms with Crippen molar-refractivity contribution < 1.29 is 4.79 Å². The summed E-state index contributed by atoms with van der Waals surface area (Å²) in [6.07, 6.45) is 0.397. The first-order chi connectivity index (χ1) is 6.16. The SMILES string of the molecule is O=C(CCCl)c1cccc(Br)c1I. The van der Waals surface area contributed by atoms with Crippen molar-refractivity contribution in [3.05, 3.63) is 31.8 Å². The van der Waals surface area contributed by atoms with Crippen molar-refractivity contribution >= 4 is 55.9 Å². The molecule has 0 unspecified atom stereocenters. The van der Waals surface area contributed by atoms with Crippen LogP contribution < -0.4 is 0 Å². The summed E-state index contributed by atoms with van der Waals surface area (Å²) < 4.78 is 1.91. The molecule has 0 fully saturated rings. The lowest BCUT2D eigenvalue weighted by Crippen LogP contribution is -2.02. The minimum atomic E-state index is 0.0979. The highest BCUT2D eigenvalue weighted by molar-refractivity contribution is 14.1. The molecule has 1 aromatic carbocycles. The number of alkyl halides is 1. The molecule has 0 aliphatic heterocycles. The lowest BCUT2D eigenvalue weighted by molar-refractivity contribution is 0.0988. The summed E-state index contributed by atoms with van der Waals surface area (Å²) in [6.45, 7) is 0. The van der Waals surface area contributed by atoms with Crippen LogP contribution in [0.25, 0.3) is 0 Å². The van der Waals surface area contributed by atoms with E-state index >= 15 is 0 Å². The molecule has 1 nitrogen and oxygen atoms in total. The second-order valence-electron chi connectivity index (χ2n) is 2.46. The van der Waals surface area contributed by atoms with Crippen molar-refractivity contribution in [2.24, 2.45) is 0 Å². The Hall–Kier alpha value is 0.390. The van der Waals surface area contributed by atoms with Gasteiger partial charge in [-0.3, -0.25) is 4.79 Å². The molecule has 0 aliphatic rings. The molecule has 0 bridgehead atoms. The molecule has 13 heavy (non-hydrogen) atoms. The van der Waals surface area contributed by atoms with Crippen molar-refractivity contribution in [2.75, 3.05) is 5.88 Å². The van der Waals surface area contributed by atoms with Crippen molar-refractivity contribution in [3.8, 4) is 0 Å². The van der Waals surface area contributed by atoms with Gasteiger partial charge in [-0.2, -0.15) is 0 Å². The number of hydrogen-bond acceptors (Lipinski definition) is 1. The predicted octanol–water partition coefficient (Wildman–Crippen LogP) is 3.87. The summed E-state index contributed by atoms with van der Waals surface area (Å²) in [7, 11) is 0. The summed E-state index contributed by atoms with van der Waals surface area (Å²) in [5.41, 5.74) is 0.746. The van der Waals surface area contributed by atoms with E-state index in [1.807, 2.05) is 18.2 Å². The number of hydrogen-bond donors (Lipinski definition) is 0. The number of halogens is 3. The van der Waals surface area contributed by atoms with Crippen molar-refractivity contribution in [1.82, 2.24) is 0 Å².